The highest BCUT2D eigenvalue weighted by atomic mass is 15.3. The zero-order valence-electron chi connectivity index (χ0n) is 8.94. The average Bonchev–Trinajstić information content (AvgIpc) is 2.66. The second-order valence-electron chi connectivity index (χ2n) is 3.37. The molecular formula is C11H14N4. The minimum Gasteiger partial charge on any atom is -0.370 e. The van der Waals surface area contributed by atoms with E-state index in [1.54, 1.807) is 4.68 Å². The molecule has 2 aromatic rings. The number of pyridine rings is 1. The smallest absolute Gasteiger partial charge is 0.155 e. The molecule has 0 radical (unpaired) electrons. The quantitative estimate of drug-likeness (QED) is 0.827. The third-order valence-corrected chi connectivity index (χ3v) is 2.04. The third kappa shape index (κ3) is 2.15. The first kappa shape index (κ1) is 9.71. The van der Waals surface area contributed by atoms with Crippen molar-refractivity contribution >= 4 is 5.82 Å². The minimum atomic E-state index is 0.835. The monoisotopic (exact) mass is 202 g/mol. The van der Waals surface area contributed by atoms with Crippen molar-refractivity contribution in [2.75, 3.05) is 11.9 Å². The Labute approximate surface area is 89.0 Å². The molecule has 2 rings (SSSR count). The fraction of sp³-hybridized carbons (Fsp3) is 0.273. The van der Waals surface area contributed by atoms with E-state index in [2.05, 4.69) is 15.4 Å². The Bertz CT molecular complexity index is 447. The normalized spacial score (nSPS) is 10.3. The molecule has 2 aromatic heterocycles. The summed E-state index contributed by atoms with van der Waals surface area (Å²) < 4.78 is 1.77. The molecule has 78 valence electrons. The molecule has 0 aliphatic heterocycles. The molecule has 0 unspecified atom stereocenters. The first-order valence-electron chi connectivity index (χ1n) is 5.02. The van der Waals surface area contributed by atoms with Gasteiger partial charge in [-0.3, -0.25) is 0 Å². The molecule has 1 N–H and O–H groups in total. The number of hydrogen-bond acceptors (Lipinski definition) is 3. The molecule has 0 aliphatic rings. The Morgan fingerprint density at radius 1 is 1.40 bits per heavy atom. The number of hydrogen-bond donors (Lipinski definition) is 1. The number of rotatable bonds is 3. The van der Waals surface area contributed by atoms with Gasteiger partial charge in [0.25, 0.3) is 0 Å². The highest BCUT2D eigenvalue weighted by Crippen LogP contribution is 2.09. The number of nitrogens with zero attached hydrogens (tertiary/aromatic N) is 3. The van der Waals surface area contributed by atoms with E-state index in [0.29, 0.717) is 0 Å². The van der Waals surface area contributed by atoms with Crippen LogP contribution in [0.25, 0.3) is 5.82 Å². The molecule has 0 atom stereocenters. The van der Waals surface area contributed by atoms with Crippen LogP contribution in [0.2, 0.25) is 0 Å². The van der Waals surface area contributed by atoms with Crippen LogP contribution >= 0.6 is 0 Å². The van der Waals surface area contributed by atoms with E-state index in [-0.39, 0.29) is 0 Å². The maximum atomic E-state index is 4.44. The zero-order chi connectivity index (χ0) is 10.7. The van der Waals surface area contributed by atoms with Gasteiger partial charge in [-0.05, 0) is 31.5 Å². The average molecular weight is 202 g/mol. The first-order valence-corrected chi connectivity index (χ1v) is 5.02. The predicted molar refractivity (Wildman–Crippen MR) is 60.3 cm³/mol. The molecular weight excluding hydrogens is 188 g/mol. The van der Waals surface area contributed by atoms with Crippen LogP contribution in [0.4, 0.5) is 5.82 Å². The van der Waals surface area contributed by atoms with Gasteiger partial charge in [0.2, 0.25) is 0 Å². The maximum Gasteiger partial charge on any atom is 0.155 e. The van der Waals surface area contributed by atoms with Crippen molar-refractivity contribution in [2.24, 2.45) is 0 Å². The van der Waals surface area contributed by atoms with Gasteiger partial charge in [-0.25, -0.2) is 9.67 Å². The van der Waals surface area contributed by atoms with E-state index in [1.165, 1.54) is 0 Å². The largest absolute Gasteiger partial charge is 0.370 e. The van der Waals surface area contributed by atoms with Crippen molar-refractivity contribution in [3.8, 4) is 5.82 Å². The van der Waals surface area contributed by atoms with Gasteiger partial charge in [-0.15, -0.1) is 0 Å². The standard InChI is InChI=1S/C11H14N4/c1-3-12-10-5-4-6-11(14-10)15-8-9(2)7-13-15/h4-8H,3H2,1-2H3,(H,12,14). The van der Waals surface area contributed by atoms with E-state index in [9.17, 15) is 0 Å². The van der Waals surface area contributed by atoms with Gasteiger partial charge in [-0.1, -0.05) is 6.07 Å². The second-order valence-corrected chi connectivity index (χ2v) is 3.37. The first-order chi connectivity index (χ1) is 7.29. The Morgan fingerprint density at radius 3 is 2.93 bits per heavy atom. The van der Waals surface area contributed by atoms with E-state index in [0.717, 1.165) is 23.7 Å². The van der Waals surface area contributed by atoms with Gasteiger partial charge in [-0.2, -0.15) is 5.10 Å². The maximum absolute atomic E-state index is 4.44. The fourth-order valence-corrected chi connectivity index (χ4v) is 1.37. The van der Waals surface area contributed by atoms with Crippen LogP contribution in [0.3, 0.4) is 0 Å². The predicted octanol–water partition coefficient (Wildman–Crippen LogP) is 2.01. The topological polar surface area (TPSA) is 42.7 Å². The molecule has 2 heterocycles. The SMILES string of the molecule is CCNc1cccc(-n2cc(C)cn2)n1. The van der Waals surface area contributed by atoms with Crippen molar-refractivity contribution in [3.05, 3.63) is 36.2 Å². The summed E-state index contributed by atoms with van der Waals surface area (Å²) in [4.78, 5) is 4.44. The lowest BCUT2D eigenvalue weighted by atomic mass is 10.4. The molecule has 0 aromatic carbocycles. The molecule has 0 bridgehead atoms. The van der Waals surface area contributed by atoms with Crippen LogP contribution in [0.15, 0.2) is 30.6 Å². The lowest BCUT2D eigenvalue weighted by Crippen LogP contribution is -2.03. The number of anilines is 1. The summed E-state index contributed by atoms with van der Waals surface area (Å²) in [6.07, 6.45) is 3.78. The van der Waals surface area contributed by atoms with E-state index in [1.807, 2.05) is 44.4 Å². The third-order valence-electron chi connectivity index (χ3n) is 2.04. The van der Waals surface area contributed by atoms with Crippen LogP contribution in [0.1, 0.15) is 12.5 Å². The van der Waals surface area contributed by atoms with E-state index >= 15 is 0 Å². The Hall–Kier alpha value is -1.84. The summed E-state index contributed by atoms with van der Waals surface area (Å²) in [5.74, 6) is 1.71. The molecule has 4 heteroatoms. The number of aryl methyl sites for hydroxylation is 1. The van der Waals surface area contributed by atoms with Crippen LogP contribution in [0, 0.1) is 6.92 Å². The van der Waals surface area contributed by atoms with Crippen molar-refractivity contribution in [1.82, 2.24) is 14.8 Å². The number of aromatic nitrogens is 3. The van der Waals surface area contributed by atoms with Gasteiger partial charge in [0.1, 0.15) is 5.82 Å². The summed E-state index contributed by atoms with van der Waals surface area (Å²) in [6, 6.07) is 5.86. The van der Waals surface area contributed by atoms with Crippen LogP contribution in [-0.2, 0) is 0 Å². The van der Waals surface area contributed by atoms with Crippen molar-refractivity contribution in [1.29, 1.82) is 0 Å². The Balaban J connectivity index is 2.32. The molecule has 0 amide bonds. The second kappa shape index (κ2) is 4.13. The van der Waals surface area contributed by atoms with Crippen LogP contribution in [-0.4, -0.2) is 21.3 Å². The zero-order valence-corrected chi connectivity index (χ0v) is 8.94. The van der Waals surface area contributed by atoms with Gasteiger partial charge in [0, 0.05) is 12.7 Å². The molecule has 0 saturated carbocycles. The lowest BCUT2D eigenvalue weighted by molar-refractivity contribution is 0.846. The van der Waals surface area contributed by atoms with Gasteiger partial charge < -0.3 is 5.32 Å². The van der Waals surface area contributed by atoms with Crippen molar-refractivity contribution in [3.63, 3.8) is 0 Å². The molecule has 15 heavy (non-hydrogen) atoms. The highest BCUT2D eigenvalue weighted by molar-refractivity contribution is 5.39. The highest BCUT2D eigenvalue weighted by Gasteiger charge is 2.00. The Kier molecular flexibility index (Phi) is 2.67. The number of nitrogens with one attached hydrogen (secondary N) is 1. The van der Waals surface area contributed by atoms with Crippen molar-refractivity contribution in [2.45, 2.75) is 13.8 Å². The molecule has 0 saturated heterocycles. The van der Waals surface area contributed by atoms with E-state index in [4.69, 9.17) is 0 Å². The minimum absolute atomic E-state index is 0.835. The molecule has 0 aliphatic carbocycles. The van der Waals surface area contributed by atoms with Crippen LogP contribution < -0.4 is 5.32 Å². The fourth-order valence-electron chi connectivity index (χ4n) is 1.37. The Morgan fingerprint density at radius 2 is 2.27 bits per heavy atom. The van der Waals surface area contributed by atoms with Gasteiger partial charge >= 0.3 is 0 Å². The molecule has 0 spiro atoms. The molecule has 0 fully saturated rings. The van der Waals surface area contributed by atoms with Gasteiger partial charge in [0.05, 0.1) is 6.20 Å². The summed E-state index contributed by atoms with van der Waals surface area (Å²) in [5, 5.41) is 7.39. The lowest BCUT2D eigenvalue weighted by Gasteiger charge is -2.04. The summed E-state index contributed by atoms with van der Waals surface area (Å²) in [5.41, 5.74) is 1.13. The van der Waals surface area contributed by atoms with Crippen molar-refractivity contribution < 1.29 is 0 Å². The van der Waals surface area contributed by atoms with Gasteiger partial charge in [0.15, 0.2) is 5.82 Å². The van der Waals surface area contributed by atoms with E-state index < -0.39 is 0 Å². The summed E-state index contributed by atoms with van der Waals surface area (Å²) in [6.45, 7) is 4.93. The molecule has 4 nitrogen and oxygen atoms in total. The summed E-state index contributed by atoms with van der Waals surface area (Å²) in [7, 11) is 0. The summed E-state index contributed by atoms with van der Waals surface area (Å²) >= 11 is 0. The van der Waals surface area contributed by atoms with Crippen LogP contribution in [0.5, 0.6) is 0 Å².